The molecule has 0 N–H and O–H groups in total. The fourth-order valence-corrected chi connectivity index (χ4v) is 1.30. The predicted molar refractivity (Wildman–Crippen MR) is 67.6 cm³/mol. The molecule has 16 heavy (non-hydrogen) atoms. The summed E-state index contributed by atoms with van der Waals surface area (Å²) in [7, 11) is 0. The molecule has 84 valence electrons. The minimum Gasteiger partial charge on any atom is -0.265 e. The summed E-state index contributed by atoms with van der Waals surface area (Å²) in [6.07, 6.45) is 6.94. The predicted octanol–water partition coefficient (Wildman–Crippen LogP) is 3.64. The molecule has 0 aliphatic rings. The SMILES string of the molecule is ClCc1ccncc1.ClCc1ccncc1. The van der Waals surface area contributed by atoms with Crippen molar-refractivity contribution < 1.29 is 0 Å². The Morgan fingerprint density at radius 1 is 0.688 bits per heavy atom. The summed E-state index contributed by atoms with van der Waals surface area (Å²) < 4.78 is 0. The standard InChI is InChI=1S/2C6H6ClN/c2*7-5-6-1-3-8-4-2-6/h2*1-4H,5H2. The van der Waals surface area contributed by atoms with Gasteiger partial charge in [-0.2, -0.15) is 0 Å². The first-order chi connectivity index (χ1) is 7.86. The highest BCUT2D eigenvalue weighted by molar-refractivity contribution is 6.17. The van der Waals surface area contributed by atoms with Crippen molar-refractivity contribution in [3.63, 3.8) is 0 Å². The Bertz CT molecular complexity index is 339. The number of nitrogens with zero attached hydrogens (tertiary/aromatic N) is 2. The first kappa shape index (κ1) is 12.9. The van der Waals surface area contributed by atoms with E-state index in [1.54, 1.807) is 24.8 Å². The van der Waals surface area contributed by atoms with Gasteiger partial charge in [0.15, 0.2) is 0 Å². The molecular weight excluding hydrogens is 243 g/mol. The fourth-order valence-electron chi connectivity index (χ4n) is 0.944. The van der Waals surface area contributed by atoms with Crippen LogP contribution in [0.2, 0.25) is 0 Å². The van der Waals surface area contributed by atoms with Crippen molar-refractivity contribution in [3.8, 4) is 0 Å². The zero-order valence-corrected chi connectivity index (χ0v) is 10.2. The largest absolute Gasteiger partial charge is 0.265 e. The third-order valence-corrected chi connectivity index (χ3v) is 2.42. The topological polar surface area (TPSA) is 25.8 Å². The van der Waals surface area contributed by atoms with Crippen molar-refractivity contribution in [2.45, 2.75) is 11.8 Å². The second-order valence-electron chi connectivity index (χ2n) is 2.98. The number of rotatable bonds is 2. The van der Waals surface area contributed by atoms with Gasteiger partial charge in [0.25, 0.3) is 0 Å². The molecule has 4 heteroatoms. The Morgan fingerprint density at radius 3 is 1.19 bits per heavy atom. The van der Waals surface area contributed by atoms with Gasteiger partial charge in [0.1, 0.15) is 0 Å². The van der Waals surface area contributed by atoms with Crippen LogP contribution in [0.3, 0.4) is 0 Å². The number of hydrogen-bond donors (Lipinski definition) is 0. The summed E-state index contributed by atoms with van der Waals surface area (Å²) in [6, 6.07) is 7.58. The molecule has 2 rings (SSSR count). The molecule has 0 saturated heterocycles. The molecule has 0 fully saturated rings. The Labute approximate surface area is 105 Å². The Kier molecular flexibility index (Phi) is 6.54. The van der Waals surface area contributed by atoms with Crippen molar-refractivity contribution in [3.05, 3.63) is 60.2 Å². The van der Waals surface area contributed by atoms with E-state index in [1.807, 2.05) is 24.3 Å². The summed E-state index contributed by atoms with van der Waals surface area (Å²) in [4.78, 5) is 7.67. The van der Waals surface area contributed by atoms with Gasteiger partial charge in [-0.05, 0) is 35.4 Å². The van der Waals surface area contributed by atoms with Crippen molar-refractivity contribution >= 4 is 23.2 Å². The van der Waals surface area contributed by atoms with Gasteiger partial charge in [0.05, 0.1) is 0 Å². The van der Waals surface area contributed by atoms with Crippen molar-refractivity contribution in [2.75, 3.05) is 0 Å². The molecular formula is C12H12Cl2N2. The summed E-state index contributed by atoms with van der Waals surface area (Å²) in [5.74, 6) is 1.14. The van der Waals surface area contributed by atoms with Crippen LogP contribution in [-0.4, -0.2) is 9.97 Å². The zero-order valence-electron chi connectivity index (χ0n) is 8.68. The van der Waals surface area contributed by atoms with E-state index in [9.17, 15) is 0 Å². The normalized spacial score (nSPS) is 9.12. The average molecular weight is 255 g/mol. The molecule has 0 saturated carbocycles. The van der Waals surface area contributed by atoms with Gasteiger partial charge in [-0.1, -0.05) is 0 Å². The molecule has 0 spiro atoms. The van der Waals surface area contributed by atoms with E-state index >= 15 is 0 Å². The Balaban J connectivity index is 0.000000160. The van der Waals surface area contributed by atoms with Gasteiger partial charge in [-0.15, -0.1) is 23.2 Å². The van der Waals surface area contributed by atoms with E-state index < -0.39 is 0 Å². The minimum atomic E-state index is 0.572. The maximum Gasteiger partial charge on any atom is 0.0475 e. The molecule has 0 aliphatic carbocycles. The molecule has 0 bridgehead atoms. The second kappa shape index (κ2) is 8.08. The third kappa shape index (κ3) is 5.10. The second-order valence-corrected chi connectivity index (χ2v) is 3.51. The smallest absolute Gasteiger partial charge is 0.0475 e. The molecule has 2 aromatic rings. The number of pyridine rings is 2. The van der Waals surface area contributed by atoms with Crippen LogP contribution in [-0.2, 0) is 11.8 Å². The Hall–Kier alpha value is -1.12. The molecule has 0 unspecified atom stereocenters. The lowest BCUT2D eigenvalue weighted by Crippen LogP contribution is -1.74. The molecule has 0 radical (unpaired) electrons. The lowest BCUT2D eigenvalue weighted by Gasteiger charge is -1.87. The van der Waals surface area contributed by atoms with Crippen molar-refractivity contribution in [1.82, 2.24) is 9.97 Å². The van der Waals surface area contributed by atoms with Crippen LogP contribution in [0.1, 0.15) is 11.1 Å². The Morgan fingerprint density at radius 2 is 1.00 bits per heavy atom. The van der Waals surface area contributed by atoms with Gasteiger partial charge >= 0.3 is 0 Å². The van der Waals surface area contributed by atoms with Gasteiger partial charge in [-0.25, -0.2) is 0 Å². The van der Waals surface area contributed by atoms with Crippen LogP contribution < -0.4 is 0 Å². The molecule has 2 nitrogen and oxygen atoms in total. The summed E-state index contributed by atoms with van der Waals surface area (Å²) in [5.41, 5.74) is 2.23. The van der Waals surface area contributed by atoms with Gasteiger partial charge in [0, 0.05) is 36.5 Å². The van der Waals surface area contributed by atoms with E-state index in [1.165, 1.54) is 0 Å². The number of halogens is 2. The van der Waals surface area contributed by atoms with E-state index in [0.29, 0.717) is 11.8 Å². The van der Waals surface area contributed by atoms with E-state index in [0.717, 1.165) is 11.1 Å². The highest BCUT2D eigenvalue weighted by Crippen LogP contribution is 1.99. The molecule has 2 aromatic heterocycles. The lowest BCUT2D eigenvalue weighted by atomic mass is 10.3. The maximum absolute atomic E-state index is 5.50. The van der Waals surface area contributed by atoms with Crippen LogP contribution >= 0.6 is 23.2 Å². The van der Waals surface area contributed by atoms with Gasteiger partial charge < -0.3 is 0 Å². The molecule has 0 aromatic carbocycles. The van der Waals surface area contributed by atoms with Crippen molar-refractivity contribution in [1.29, 1.82) is 0 Å². The third-order valence-electron chi connectivity index (χ3n) is 1.81. The highest BCUT2D eigenvalue weighted by Gasteiger charge is 1.83. The summed E-state index contributed by atoms with van der Waals surface area (Å²) in [6.45, 7) is 0. The van der Waals surface area contributed by atoms with Gasteiger partial charge in [-0.3, -0.25) is 9.97 Å². The molecule has 2 heterocycles. The first-order valence-corrected chi connectivity index (χ1v) is 5.83. The minimum absolute atomic E-state index is 0.572. The fraction of sp³-hybridized carbons (Fsp3) is 0.167. The first-order valence-electron chi connectivity index (χ1n) is 4.76. The number of aromatic nitrogens is 2. The van der Waals surface area contributed by atoms with Crippen LogP contribution in [0.15, 0.2) is 49.1 Å². The quantitative estimate of drug-likeness (QED) is 0.765. The number of alkyl halides is 2. The van der Waals surface area contributed by atoms with Crippen LogP contribution in [0.25, 0.3) is 0 Å². The van der Waals surface area contributed by atoms with E-state index in [2.05, 4.69) is 9.97 Å². The maximum atomic E-state index is 5.50. The van der Waals surface area contributed by atoms with Gasteiger partial charge in [0.2, 0.25) is 0 Å². The highest BCUT2D eigenvalue weighted by atomic mass is 35.5. The van der Waals surface area contributed by atoms with E-state index in [4.69, 9.17) is 23.2 Å². The molecule has 0 atom stereocenters. The lowest BCUT2D eigenvalue weighted by molar-refractivity contribution is 1.27. The summed E-state index contributed by atoms with van der Waals surface area (Å²) in [5, 5.41) is 0. The van der Waals surface area contributed by atoms with Crippen LogP contribution in [0.4, 0.5) is 0 Å². The number of hydrogen-bond acceptors (Lipinski definition) is 2. The van der Waals surface area contributed by atoms with E-state index in [-0.39, 0.29) is 0 Å². The average Bonchev–Trinajstić information content (AvgIpc) is 2.41. The van der Waals surface area contributed by atoms with Crippen molar-refractivity contribution in [2.24, 2.45) is 0 Å². The molecule has 0 aliphatic heterocycles. The zero-order chi connectivity index (χ0) is 11.6. The van der Waals surface area contributed by atoms with Crippen LogP contribution in [0, 0.1) is 0 Å². The monoisotopic (exact) mass is 254 g/mol. The molecule has 0 amide bonds. The summed E-state index contributed by atoms with van der Waals surface area (Å²) >= 11 is 11.0. The van der Waals surface area contributed by atoms with Crippen LogP contribution in [0.5, 0.6) is 0 Å².